The molecule has 2 N–H and O–H groups in total. The van der Waals surface area contributed by atoms with Crippen LogP contribution in [0.4, 0.5) is 10.5 Å². The summed E-state index contributed by atoms with van der Waals surface area (Å²) < 4.78 is 28.1. The van der Waals surface area contributed by atoms with Crippen molar-refractivity contribution in [3.63, 3.8) is 0 Å². The van der Waals surface area contributed by atoms with E-state index in [4.69, 9.17) is 0 Å². The van der Waals surface area contributed by atoms with Crippen molar-refractivity contribution in [2.24, 2.45) is 5.92 Å². The summed E-state index contributed by atoms with van der Waals surface area (Å²) in [5, 5.41) is 31.3. The van der Waals surface area contributed by atoms with Gasteiger partial charge in [0.15, 0.2) is 0 Å². The van der Waals surface area contributed by atoms with Crippen LogP contribution in [-0.2, 0) is 22.0 Å². The maximum Gasteiger partial charge on any atom is 0.407 e. The zero-order valence-corrected chi connectivity index (χ0v) is 26.8. The number of non-ortho nitro benzene ring substituents is 1. The molecule has 0 bridgehead atoms. The summed E-state index contributed by atoms with van der Waals surface area (Å²) in [6.07, 6.45) is 5.23. The van der Waals surface area contributed by atoms with Crippen LogP contribution in [0.3, 0.4) is 0 Å². The van der Waals surface area contributed by atoms with Crippen molar-refractivity contribution in [3.8, 4) is 0 Å². The fraction of sp³-hybridized carbons (Fsp3) is 0.382. The molecule has 1 aliphatic rings. The van der Waals surface area contributed by atoms with Gasteiger partial charge in [0.1, 0.15) is 0 Å². The highest BCUT2D eigenvalue weighted by molar-refractivity contribution is 7.89. The number of allylic oxidation sites excluding steroid dienone is 1. The number of aliphatic hydroxyl groups excluding tert-OH is 1. The van der Waals surface area contributed by atoms with E-state index < -0.39 is 26.5 Å². The molecule has 3 aromatic rings. The Bertz CT molecular complexity index is 1560. The average Bonchev–Trinajstić information content (AvgIpc) is 3.07. The lowest BCUT2D eigenvalue weighted by Crippen LogP contribution is -2.47. The molecule has 0 spiro atoms. The molecule has 12 heteroatoms. The Kier molecular flexibility index (Phi) is 12.1. The number of likely N-dealkylation sites (tertiary alicyclic amines) is 1. The third-order valence-corrected chi connectivity index (χ3v) is 10.5. The Morgan fingerprint density at radius 3 is 2.20 bits per heavy atom. The monoisotopic (exact) mass is 650 g/mol. The van der Waals surface area contributed by atoms with Crippen LogP contribution in [0.2, 0.25) is 0 Å². The number of piperidine rings is 1. The van der Waals surface area contributed by atoms with E-state index >= 15 is 0 Å². The predicted octanol–water partition coefficient (Wildman–Crippen LogP) is 4.98. The predicted molar refractivity (Wildman–Crippen MR) is 176 cm³/mol. The first-order valence-corrected chi connectivity index (χ1v) is 16.8. The standard InChI is InChI=1S/C34H42N4O7S/c1-35(46(44,45)32-12-6-3-7-13-32)26-34(27-39,30-10-4-2-5-11-30)20-24-36-22-18-28(19-23-36)9-8-21-37(33(40)41)25-29-14-16-31(17-15-29)38(42)43/h2-17,28,39H,18-27H2,1H3,(H,40,41). The highest BCUT2D eigenvalue weighted by Gasteiger charge is 2.37. The first-order chi connectivity index (χ1) is 22.0. The van der Waals surface area contributed by atoms with Crippen LogP contribution in [0.15, 0.2) is 102 Å². The zero-order chi connectivity index (χ0) is 33.2. The molecule has 1 saturated heterocycles. The molecule has 0 aliphatic carbocycles. The van der Waals surface area contributed by atoms with Crippen LogP contribution < -0.4 is 0 Å². The molecule has 1 atom stereocenters. The summed E-state index contributed by atoms with van der Waals surface area (Å²) in [7, 11) is -2.19. The zero-order valence-electron chi connectivity index (χ0n) is 26.0. The van der Waals surface area contributed by atoms with Gasteiger partial charge in [0, 0.05) is 44.2 Å². The topological polar surface area (TPSA) is 145 Å². The van der Waals surface area contributed by atoms with Crippen LogP contribution in [0.1, 0.15) is 30.4 Å². The van der Waals surface area contributed by atoms with E-state index in [0.717, 1.165) is 31.5 Å². The SMILES string of the molecule is CN(CC(CO)(CCN1CCC(C=CCN(Cc2ccc([N+](=O)[O-])cc2)C(=O)O)CC1)c1ccccc1)S(=O)(=O)c1ccccc1. The number of amides is 1. The minimum absolute atomic E-state index is 0.0395. The Morgan fingerprint density at radius 1 is 1.02 bits per heavy atom. The van der Waals surface area contributed by atoms with Gasteiger partial charge in [-0.25, -0.2) is 13.2 Å². The molecule has 11 nitrogen and oxygen atoms in total. The molecule has 0 aromatic heterocycles. The number of benzene rings is 3. The van der Waals surface area contributed by atoms with Crippen LogP contribution in [0.25, 0.3) is 0 Å². The van der Waals surface area contributed by atoms with Crippen molar-refractivity contribution in [1.29, 1.82) is 0 Å². The second kappa shape index (κ2) is 15.9. The van der Waals surface area contributed by atoms with Crippen LogP contribution in [0, 0.1) is 16.0 Å². The van der Waals surface area contributed by atoms with Crippen molar-refractivity contribution in [3.05, 3.63) is 118 Å². The number of nitro benzene ring substituents is 1. The van der Waals surface area contributed by atoms with Crippen molar-refractivity contribution in [1.82, 2.24) is 14.1 Å². The number of sulfonamides is 1. The Hall–Kier alpha value is -4.10. The fourth-order valence-electron chi connectivity index (χ4n) is 5.89. The summed E-state index contributed by atoms with van der Waals surface area (Å²) in [5.74, 6) is 0.296. The van der Waals surface area contributed by atoms with Crippen LogP contribution in [0.5, 0.6) is 0 Å². The van der Waals surface area contributed by atoms with Crippen molar-refractivity contribution in [2.75, 3.05) is 46.4 Å². The highest BCUT2D eigenvalue weighted by atomic mass is 32.2. The maximum absolute atomic E-state index is 13.4. The Balaban J connectivity index is 1.34. The van der Waals surface area contributed by atoms with Gasteiger partial charge in [-0.05, 0) is 68.1 Å². The molecule has 1 heterocycles. The fourth-order valence-corrected chi connectivity index (χ4v) is 7.16. The molecule has 1 fully saturated rings. The van der Waals surface area contributed by atoms with E-state index in [2.05, 4.69) is 11.0 Å². The molecule has 4 rings (SSSR count). The molecular weight excluding hydrogens is 608 g/mol. The number of likely N-dealkylation sites (N-methyl/N-ethyl adjacent to an activating group) is 1. The average molecular weight is 651 g/mol. The van der Waals surface area contributed by atoms with Gasteiger partial charge < -0.3 is 20.0 Å². The van der Waals surface area contributed by atoms with E-state index in [1.54, 1.807) is 49.5 Å². The molecular formula is C34H42N4O7S. The first-order valence-electron chi connectivity index (χ1n) is 15.3. The minimum atomic E-state index is -3.75. The number of carbonyl (C=O) groups is 1. The number of aliphatic hydroxyl groups is 1. The normalized spacial score (nSPS) is 16.0. The van der Waals surface area contributed by atoms with E-state index in [1.165, 1.54) is 21.3 Å². The number of hydrogen-bond acceptors (Lipinski definition) is 7. The molecule has 1 aliphatic heterocycles. The number of nitrogens with zero attached hydrogens (tertiary/aromatic N) is 4. The van der Waals surface area contributed by atoms with E-state index in [1.807, 2.05) is 36.4 Å². The Labute approximate surface area is 270 Å². The summed E-state index contributed by atoms with van der Waals surface area (Å²) in [6, 6.07) is 23.8. The Morgan fingerprint density at radius 2 is 1.63 bits per heavy atom. The van der Waals surface area contributed by atoms with Gasteiger partial charge in [-0.15, -0.1) is 0 Å². The lowest BCUT2D eigenvalue weighted by atomic mass is 9.77. The quantitative estimate of drug-likeness (QED) is 0.133. The van der Waals surface area contributed by atoms with E-state index in [9.17, 15) is 33.5 Å². The van der Waals surface area contributed by atoms with E-state index in [0.29, 0.717) is 24.4 Å². The molecule has 0 saturated carbocycles. The van der Waals surface area contributed by atoms with Gasteiger partial charge >= 0.3 is 6.09 Å². The van der Waals surface area contributed by atoms with E-state index in [-0.39, 0.29) is 36.8 Å². The summed E-state index contributed by atoms with van der Waals surface area (Å²) in [6.45, 7) is 2.61. The molecule has 0 radical (unpaired) electrons. The van der Waals surface area contributed by atoms with Crippen LogP contribution >= 0.6 is 0 Å². The van der Waals surface area contributed by atoms with Gasteiger partial charge in [-0.3, -0.25) is 10.1 Å². The largest absolute Gasteiger partial charge is 0.465 e. The highest BCUT2D eigenvalue weighted by Crippen LogP contribution is 2.32. The number of nitro groups is 1. The maximum atomic E-state index is 13.4. The summed E-state index contributed by atoms with van der Waals surface area (Å²) >= 11 is 0. The van der Waals surface area contributed by atoms with Gasteiger partial charge in [-0.2, -0.15) is 4.31 Å². The van der Waals surface area contributed by atoms with Gasteiger partial charge in [0.25, 0.3) is 5.69 Å². The molecule has 246 valence electrons. The third-order valence-electron chi connectivity index (χ3n) is 8.73. The molecule has 3 aromatic carbocycles. The summed E-state index contributed by atoms with van der Waals surface area (Å²) in [5.41, 5.74) is 0.732. The first kappa shape index (κ1) is 34.8. The number of rotatable bonds is 15. The van der Waals surface area contributed by atoms with Gasteiger partial charge in [-0.1, -0.05) is 72.8 Å². The third kappa shape index (κ3) is 9.00. The number of carboxylic acid groups (broad SMARTS) is 1. The number of hydrogen-bond donors (Lipinski definition) is 2. The van der Waals surface area contributed by atoms with Crippen LogP contribution in [-0.4, -0.2) is 90.1 Å². The van der Waals surface area contributed by atoms with Crippen molar-refractivity contribution in [2.45, 2.75) is 36.1 Å². The van der Waals surface area contributed by atoms with Crippen molar-refractivity contribution < 1.29 is 28.3 Å². The smallest absolute Gasteiger partial charge is 0.407 e. The summed E-state index contributed by atoms with van der Waals surface area (Å²) in [4.78, 5) is 26.0. The second-order valence-electron chi connectivity index (χ2n) is 11.8. The lowest BCUT2D eigenvalue weighted by molar-refractivity contribution is -0.384. The molecule has 1 amide bonds. The van der Waals surface area contributed by atoms with Gasteiger partial charge in [0.05, 0.1) is 16.4 Å². The van der Waals surface area contributed by atoms with Crippen molar-refractivity contribution >= 4 is 21.8 Å². The molecule has 46 heavy (non-hydrogen) atoms. The second-order valence-corrected chi connectivity index (χ2v) is 13.9. The minimum Gasteiger partial charge on any atom is -0.465 e. The lowest BCUT2D eigenvalue weighted by Gasteiger charge is -2.39. The molecule has 1 unspecified atom stereocenters. The van der Waals surface area contributed by atoms with Gasteiger partial charge in [0.2, 0.25) is 10.0 Å².